The summed E-state index contributed by atoms with van der Waals surface area (Å²) in [4.78, 5) is 47.5. The molecule has 0 aliphatic carbocycles. The van der Waals surface area contributed by atoms with Crippen LogP contribution in [0.1, 0.15) is 61.3 Å². The van der Waals surface area contributed by atoms with Crippen molar-refractivity contribution in [1.82, 2.24) is 15.2 Å². The van der Waals surface area contributed by atoms with E-state index in [9.17, 15) is 19.5 Å². The molecule has 9 rings (SSSR count). The van der Waals surface area contributed by atoms with E-state index in [4.69, 9.17) is 41.8 Å². The molecular formula is C51H43Cl2N3O8. The van der Waals surface area contributed by atoms with Crippen LogP contribution in [0.15, 0.2) is 120 Å². The van der Waals surface area contributed by atoms with Crippen molar-refractivity contribution in [3.05, 3.63) is 176 Å². The van der Waals surface area contributed by atoms with E-state index in [0.717, 1.165) is 55.6 Å². The van der Waals surface area contributed by atoms with Gasteiger partial charge in [0, 0.05) is 42.2 Å². The highest BCUT2D eigenvalue weighted by Crippen LogP contribution is 2.41. The van der Waals surface area contributed by atoms with Gasteiger partial charge in [-0.3, -0.25) is 14.6 Å². The van der Waals surface area contributed by atoms with Crippen molar-refractivity contribution in [1.29, 1.82) is 0 Å². The minimum atomic E-state index is -1.27. The number of carboxylic acid groups (broad SMARTS) is 1. The molecule has 11 nitrogen and oxygen atoms in total. The number of ether oxygens (including phenoxy) is 3. The van der Waals surface area contributed by atoms with Gasteiger partial charge in [-0.15, -0.1) is 0 Å². The molecule has 5 aromatic carbocycles. The maximum absolute atomic E-state index is 14.6. The number of carbonyl (C=O) groups is 3. The normalized spacial score (nSPS) is 15.9. The number of furan rings is 1. The Morgan fingerprint density at radius 1 is 0.859 bits per heavy atom. The molecule has 64 heavy (non-hydrogen) atoms. The zero-order valence-corrected chi connectivity index (χ0v) is 36.7. The van der Waals surface area contributed by atoms with E-state index in [2.05, 4.69) is 10.3 Å². The molecule has 324 valence electrons. The standard InChI is InChI=1S/C51H43Cl2N3O8/c1-28-30(3)54-19-18-38(28)33-11-8-31(9-12-33)21-42(51(59)60)55-49(57)43-22-35-23-45-46(24-36(35)25-56(43)50(58)48-29(2)39-6-4-5-7-44(39)64-48)63-47(27-62-45)34-13-15-37(16-14-34)61-26-32-10-17-40(52)41(53)20-32/h4-20,23-24,42-43,47H,21-22,25-27H2,1-3H3,(H,55,57)(H,59,60)/t42-,43-,47+/m0/s1. The molecule has 2 aliphatic heterocycles. The molecule has 0 saturated heterocycles. The minimum absolute atomic E-state index is 0.0298. The van der Waals surface area contributed by atoms with Crippen molar-refractivity contribution in [3.63, 3.8) is 0 Å². The lowest BCUT2D eigenvalue weighted by Crippen LogP contribution is -2.56. The number of amides is 2. The fourth-order valence-corrected chi connectivity index (χ4v) is 8.64. The topological polar surface area (TPSA) is 140 Å². The Bertz CT molecular complexity index is 2930. The Morgan fingerprint density at radius 3 is 2.36 bits per heavy atom. The van der Waals surface area contributed by atoms with Crippen molar-refractivity contribution < 1.29 is 38.1 Å². The van der Waals surface area contributed by atoms with Crippen LogP contribution in [0.25, 0.3) is 22.1 Å². The van der Waals surface area contributed by atoms with E-state index in [-0.39, 0.29) is 31.8 Å². The van der Waals surface area contributed by atoms with E-state index in [1.807, 2.05) is 112 Å². The SMILES string of the molecule is Cc1nccc(-c2ccc(C[C@H](NC(=O)[C@@H]3Cc4cc5c(cc4CN3C(=O)c3oc4ccccc4c3C)O[C@@H](c3ccc(OCc4ccc(Cl)c(Cl)c4)cc3)CO5)C(=O)O)cc2)c1C. The highest BCUT2D eigenvalue weighted by Gasteiger charge is 2.40. The van der Waals surface area contributed by atoms with Crippen LogP contribution >= 0.6 is 23.2 Å². The van der Waals surface area contributed by atoms with Gasteiger partial charge in [0.1, 0.15) is 36.6 Å². The van der Waals surface area contributed by atoms with Crippen molar-refractivity contribution in [3.8, 4) is 28.4 Å². The third-order valence-electron chi connectivity index (χ3n) is 12.1. The minimum Gasteiger partial charge on any atom is -0.489 e. The van der Waals surface area contributed by atoms with Crippen molar-refractivity contribution in [2.24, 2.45) is 0 Å². The maximum atomic E-state index is 14.6. The summed E-state index contributed by atoms with van der Waals surface area (Å²) >= 11 is 12.2. The second-order valence-corrected chi connectivity index (χ2v) is 17.0. The van der Waals surface area contributed by atoms with E-state index in [0.29, 0.717) is 45.0 Å². The van der Waals surface area contributed by atoms with Gasteiger partial charge in [0.15, 0.2) is 23.4 Å². The van der Waals surface area contributed by atoms with Gasteiger partial charge in [-0.1, -0.05) is 83.9 Å². The smallest absolute Gasteiger partial charge is 0.326 e. The van der Waals surface area contributed by atoms with E-state index < -0.39 is 36.0 Å². The molecule has 0 saturated carbocycles. The highest BCUT2D eigenvalue weighted by molar-refractivity contribution is 6.42. The number of nitrogens with one attached hydrogen (secondary N) is 1. The lowest BCUT2D eigenvalue weighted by atomic mass is 9.91. The lowest BCUT2D eigenvalue weighted by molar-refractivity contribution is -0.142. The predicted molar refractivity (Wildman–Crippen MR) is 243 cm³/mol. The molecule has 0 fully saturated rings. The molecule has 0 bridgehead atoms. The average Bonchev–Trinajstić information content (AvgIpc) is 3.64. The molecule has 13 heteroatoms. The number of hydrogen-bond acceptors (Lipinski definition) is 8. The summed E-state index contributed by atoms with van der Waals surface area (Å²) in [5.41, 5.74) is 9.22. The van der Waals surface area contributed by atoms with E-state index >= 15 is 0 Å². The monoisotopic (exact) mass is 895 g/mol. The Kier molecular flexibility index (Phi) is 11.8. The average molecular weight is 897 g/mol. The molecule has 0 unspecified atom stereocenters. The summed E-state index contributed by atoms with van der Waals surface area (Å²) in [5.74, 6) is -0.501. The van der Waals surface area contributed by atoms with Gasteiger partial charge in [-0.05, 0) is 114 Å². The van der Waals surface area contributed by atoms with Gasteiger partial charge in [0.25, 0.3) is 5.91 Å². The molecule has 4 heterocycles. The lowest BCUT2D eigenvalue weighted by Gasteiger charge is -2.37. The molecule has 0 spiro atoms. The molecule has 2 aliphatic rings. The summed E-state index contributed by atoms with van der Waals surface area (Å²) < 4.78 is 24.8. The van der Waals surface area contributed by atoms with E-state index in [1.165, 1.54) is 4.90 Å². The van der Waals surface area contributed by atoms with Gasteiger partial charge in [-0.25, -0.2) is 4.79 Å². The number of fused-ring (bicyclic) bond motifs is 3. The summed E-state index contributed by atoms with van der Waals surface area (Å²) in [7, 11) is 0. The predicted octanol–water partition coefficient (Wildman–Crippen LogP) is 10.2. The highest BCUT2D eigenvalue weighted by atomic mass is 35.5. The summed E-state index contributed by atoms with van der Waals surface area (Å²) in [5, 5.41) is 14.9. The first-order valence-electron chi connectivity index (χ1n) is 20.9. The molecule has 2 amide bonds. The Morgan fingerprint density at radius 2 is 1.61 bits per heavy atom. The fourth-order valence-electron chi connectivity index (χ4n) is 8.32. The Labute approximate surface area is 379 Å². The van der Waals surface area contributed by atoms with Crippen LogP contribution in [0.2, 0.25) is 10.0 Å². The second kappa shape index (κ2) is 17.7. The fraction of sp³-hybridized carbons (Fsp3) is 0.216. The van der Waals surface area contributed by atoms with Crippen LogP contribution < -0.4 is 19.5 Å². The number of para-hydroxylation sites is 1. The van der Waals surface area contributed by atoms with Gasteiger partial charge < -0.3 is 34.0 Å². The van der Waals surface area contributed by atoms with Gasteiger partial charge >= 0.3 is 5.97 Å². The van der Waals surface area contributed by atoms with E-state index in [1.54, 1.807) is 24.4 Å². The molecule has 2 N–H and O–H groups in total. The number of halogens is 2. The van der Waals surface area contributed by atoms with Crippen LogP contribution in [0.5, 0.6) is 17.2 Å². The number of aryl methyl sites for hydroxylation is 2. The number of rotatable bonds is 11. The third-order valence-corrected chi connectivity index (χ3v) is 12.8. The second-order valence-electron chi connectivity index (χ2n) is 16.2. The van der Waals surface area contributed by atoms with Crippen LogP contribution in [0, 0.1) is 20.8 Å². The third kappa shape index (κ3) is 8.61. The first kappa shape index (κ1) is 42.5. The maximum Gasteiger partial charge on any atom is 0.326 e. The molecule has 3 atom stereocenters. The largest absolute Gasteiger partial charge is 0.489 e. The molecule has 0 radical (unpaired) electrons. The van der Waals surface area contributed by atoms with Crippen LogP contribution in [0.4, 0.5) is 0 Å². The number of pyridine rings is 1. The van der Waals surface area contributed by atoms with Crippen LogP contribution in [-0.2, 0) is 35.6 Å². The first-order chi connectivity index (χ1) is 30.9. The number of aromatic nitrogens is 1. The van der Waals surface area contributed by atoms with Crippen molar-refractivity contribution >= 4 is 52.0 Å². The quantitative estimate of drug-likeness (QED) is 0.130. The van der Waals surface area contributed by atoms with Crippen molar-refractivity contribution in [2.45, 2.75) is 65.0 Å². The van der Waals surface area contributed by atoms with Gasteiger partial charge in [0.2, 0.25) is 5.91 Å². The Hall–Kier alpha value is -6.82. The van der Waals surface area contributed by atoms with Gasteiger partial charge in [-0.2, -0.15) is 0 Å². The number of nitrogens with zero attached hydrogens (tertiary/aromatic N) is 2. The number of benzene rings is 5. The zero-order valence-electron chi connectivity index (χ0n) is 35.2. The first-order valence-corrected chi connectivity index (χ1v) is 21.6. The molecular weight excluding hydrogens is 853 g/mol. The number of carbonyl (C=O) groups excluding carboxylic acids is 2. The number of hydrogen-bond donors (Lipinski definition) is 2. The molecule has 2 aromatic heterocycles. The Balaban J connectivity index is 0.947. The van der Waals surface area contributed by atoms with Crippen LogP contribution in [-0.4, -0.2) is 51.5 Å². The summed E-state index contributed by atoms with van der Waals surface area (Å²) in [6.45, 7) is 6.36. The van der Waals surface area contributed by atoms with Gasteiger partial charge in [0.05, 0.1) is 10.0 Å². The summed E-state index contributed by atoms with van der Waals surface area (Å²) in [6.07, 6.45) is 1.47. The zero-order chi connectivity index (χ0) is 44.6. The summed E-state index contributed by atoms with van der Waals surface area (Å²) in [6, 6.07) is 31.2. The van der Waals surface area contributed by atoms with Crippen molar-refractivity contribution in [2.75, 3.05) is 6.61 Å². The van der Waals surface area contributed by atoms with Crippen LogP contribution in [0.3, 0.4) is 0 Å². The number of aliphatic carboxylic acids is 1. The molecule has 7 aromatic rings. The number of carboxylic acids is 1.